The molecule has 15 heavy (non-hydrogen) atoms. The molecule has 0 unspecified atom stereocenters. The van der Waals surface area contributed by atoms with Gasteiger partial charge in [0.2, 0.25) is 0 Å². The van der Waals surface area contributed by atoms with Crippen molar-refractivity contribution in [2.24, 2.45) is 0 Å². The monoisotopic (exact) mass is 200 g/mol. The third-order valence-corrected chi connectivity index (χ3v) is 2.23. The molecule has 1 aromatic heterocycles. The zero-order valence-electron chi connectivity index (χ0n) is 8.47. The summed E-state index contributed by atoms with van der Waals surface area (Å²) < 4.78 is 5.16. The number of rotatable bonds is 2. The van der Waals surface area contributed by atoms with Crippen molar-refractivity contribution in [1.82, 2.24) is 4.98 Å². The van der Waals surface area contributed by atoms with Gasteiger partial charge in [-0.1, -0.05) is 12.1 Å². The summed E-state index contributed by atoms with van der Waals surface area (Å²) in [6, 6.07) is 9.60. The Labute approximate surface area is 88.5 Å². The molecule has 3 nitrogen and oxygen atoms in total. The Balaban J connectivity index is 2.46. The lowest BCUT2D eigenvalue weighted by atomic mass is 10.1. The second kappa shape index (κ2) is 4.00. The zero-order chi connectivity index (χ0) is 10.7. The summed E-state index contributed by atoms with van der Waals surface area (Å²) in [5.74, 6) is 0.691. The minimum absolute atomic E-state index is 0.644. The van der Waals surface area contributed by atoms with Crippen molar-refractivity contribution in [3.63, 3.8) is 0 Å². The first-order valence-corrected chi connectivity index (χ1v) is 4.65. The molecule has 3 heteroatoms. The lowest BCUT2D eigenvalue weighted by Gasteiger charge is -2.07. The van der Waals surface area contributed by atoms with E-state index in [1.54, 1.807) is 13.3 Å². The maximum Gasteiger partial charge on any atom is 0.142 e. The molecule has 0 atom stereocenters. The number of nitrogens with two attached hydrogens (primary N) is 1. The zero-order valence-corrected chi connectivity index (χ0v) is 8.47. The van der Waals surface area contributed by atoms with Crippen LogP contribution in [0.4, 0.5) is 5.69 Å². The highest BCUT2D eigenvalue weighted by molar-refractivity contribution is 5.69. The van der Waals surface area contributed by atoms with Gasteiger partial charge in [0.15, 0.2) is 0 Å². The van der Waals surface area contributed by atoms with Crippen molar-refractivity contribution >= 4 is 5.69 Å². The number of nitrogen functional groups attached to an aromatic ring is 1. The molecule has 0 spiro atoms. The Bertz CT molecular complexity index is 454. The van der Waals surface area contributed by atoms with E-state index in [9.17, 15) is 0 Å². The molecular weight excluding hydrogens is 188 g/mol. The Kier molecular flexibility index (Phi) is 2.54. The van der Waals surface area contributed by atoms with Gasteiger partial charge >= 0.3 is 0 Å². The van der Waals surface area contributed by atoms with Crippen LogP contribution < -0.4 is 10.5 Å². The highest BCUT2D eigenvalue weighted by atomic mass is 16.5. The number of aromatic nitrogens is 1. The van der Waals surface area contributed by atoms with E-state index in [1.807, 2.05) is 36.5 Å². The summed E-state index contributed by atoms with van der Waals surface area (Å²) in [5.41, 5.74) is 8.48. The van der Waals surface area contributed by atoms with Crippen LogP contribution in [0.25, 0.3) is 11.1 Å². The second-order valence-electron chi connectivity index (χ2n) is 3.20. The molecular formula is C12H12N2O. The van der Waals surface area contributed by atoms with Crippen LogP contribution in [0.5, 0.6) is 5.75 Å². The van der Waals surface area contributed by atoms with E-state index in [4.69, 9.17) is 10.5 Å². The smallest absolute Gasteiger partial charge is 0.142 e. The van der Waals surface area contributed by atoms with E-state index in [1.165, 1.54) is 0 Å². The molecule has 2 rings (SSSR count). The summed E-state index contributed by atoms with van der Waals surface area (Å²) in [6.07, 6.45) is 3.56. The molecule has 0 amide bonds. The molecule has 0 bridgehead atoms. The van der Waals surface area contributed by atoms with E-state index >= 15 is 0 Å². The van der Waals surface area contributed by atoms with E-state index in [0.29, 0.717) is 11.4 Å². The van der Waals surface area contributed by atoms with Crippen LogP contribution >= 0.6 is 0 Å². The van der Waals surface area contributed by atoms with Gasteiger partial charge in [0.25, 0.3) is 0 Å². The van der Waals surface area contributed by atoms with Crippen LogP contribution in [-0.4, -0.2) is 12.1 Å². The molecule has 1 heterocycles. The number of nitrogens with zero attached hydrogens (tertiary/aromatic N) is 1. The third kappa shape index (κ3) is 1.91. The molecule has 76 valence electrons. The van der Waals surface area contributed by atoms with E-state index in [0.717, 1.165) is 11.1 Å². The van der Waals surface area contributed by atoms with Crippen LogP contribution in [0.1, 0.15) is 0 Å². The van der Waals surface area contributed by atoms with E-state index in [-0.39, 0.29) is 0 Å². The average molecular weight is 200 g/mol. The van der Waals surface area contributed by atoms with Gasteiger partial charge < -0.3 is 10.5 Å². The predicted octanol–water partition coefficient (Wildman–Crippen LogP) is 2.34. The number of pyridine rings is 1. The SMILES string of the molecule is COc1cc(-c2cccnc2)ccc1N. The number of anilines is 1. The topological polar surface area (TPSA) is 48.1 Å². The van der Waals surface area contributed by atoms with Crippen molar-refractivity contribution in [2.45, 2.75) is 0 Å². The third-order valence-electron chi connectivity index (χ3n) is 2.23. The molecule has 0 radical (unpaired) electrons. The largest absolute Gasteiger partial charge is 0.495 e. The van der Waals surface area contributed by atoms with Crippen molar-refractivity contribution in [1.29, 1.82) is 0 Å². The Morgan fingerprint density at radius 3 is 2.73 bits per heavy atom. The van der Waals surface area contributed by atoms with Crippen LogP contribution in [0, 0.1) is 0 Å². The fourth-order valence-corrected chi connectivity index (χ4v) is 1.42. The first-order chi connectivity index (χ1) is 7.31. The van der Waals surface area contributed by atoms with Crippen molar-refractivity contribution < 1.29 is 4.74 Å². The van der Waals surface area contributed by atoms with Crippen LogP contribution in [0.2, 0.25) is 0 Å². The minimum atomic E-state index is 0.644. The lowest BCUT2D eigenvalue weighted by molar-refractivity contribution is 0.417. The van der Waals surface area contributed by atoms with E-state index in [2.05, 4.69) is 4.98 Å². The van der Waals surface area contributed by atoms with Crippen molar-refractivity contribution in [3.05, 3.63) is 42.7 Å². The van der Waals surface area contributed by atoms with Crippen LogP contribution in [0.15, 0.2) is 42.7 Å². The maximum atomic E-state index is 5.74. The quantitative estimate of drug-likeness (QED) is 0.757. The number of ether oxygens (including phenoxy) is 1. The van der Waals surface area contributed by atoms with E-state index < -0.39 is 0 Å². The van der Waals surface area contributed by atoms with Gasteiger partial charge in [-0.25, -0.2) is 0 Å². The molecule has 0 aliphatic heterocycles. The summed E-state index contributed by atoms with van der Waals surface area (Å²) in [6.45, 7) is 0. The summed E-state index contributed by atoms with van der Waals surface area (Å²) >= 11 is 0. The van der Waals surface area contributed by atoms with Crippen LogP contribution in [0.3, 0.4) is 0 Å². The molecule has 2 aromatic rings. The van der Waals surface area contributed by atoms with Gasteiger partial charge in [0.1, 0.15) is 5.75 Å². The predicted molar refractivity (Wildman–Crippen MR) is 60.6 cm³/mol. The summed E-state index contributed by atoms with van der Waals surface area (Å²) in [7, 11) is 1.61. The second-order valence-corrected chi connectivity index (χ2v) is 3.20. The Hall–Kier alpha value is -2.03. The molecule has 0 aliphatic rings. The standard InChI is InChI=1S/C12H12N2O/c1-15-12-7-9(4-5-11(12)13)10-3-2-6-14-8-10/h2-8H,13H2,1H3. The number of hydrogen-bond donors (Lipinski definition) is 1. The van der Waals surface area contributed by atoms with Crippen molar-refractivity contribution in [3.8, 4) is 16.9 Å². The van der Waals surface area contributed by atoms with Gasteiger partial charge in [-0.3, -0.25) is 4.98 Å². The average Bonchev–Trinajstić information content (AvgIpc) is 2.31. The van der Waals surface area contributed by atoms with Gasteiger partial charge in [0.05, 0.1) is 12.8 Å². The number of hydrogen-bond acceptors (Lipinski definition) is 3. The first-order valence-electron chi connectivity index (χ1n) is 4.65. The number of benzene rings is 1. The minimum Gasteiger partial charge on any atom is -0.495 e. The molecule has 0 aliphatic carbocycles. The summed E-state index contributed by atoms with van der Waals surface area (Å²) in [4.78, 5) is 4.07. The summed E-state index contributed by atoms with van der Waals surface area (Å²) in [5, 5.41) is 0. The van der Waals surface area contributed by atoms with Gasteiger partial charge in [-0.2, -0.15) is 0 Å². The molecule has 0 fully saturated rings. The maximum absolute atomic E-state index is 5.74. The lowest BCUT2D eigenvalue weighted by Crippen LogP contribution is -1.92. The molecule has 1 aromatic carbocycles. The number of methoxy groups -OCH3 is 1. The normalized spacial score (nSPS) is 9.93. The van der Waals surface area contributed by atoms with Gasteiger partial charge in [-0.05, 0) is 23.8 Å². The molecule has 0 saturated carbocycles. The fourth-order valence-electron chi connectivity index (χ4n) is 1.42. The van der Waals surface area contributed by atoms with Crippen molar-refractivity contribution in [2.75, 3.05) is 12.8 Å². The highest BCUT2D eigenvalue weighted by Gasteiger charge is 2.02. The highest BCUT2D eigenvalue weighted by Crippen LogP contribution is 2.27. The Morgan fingerprint density at radius 2 is 2.07 bits per heavy atom. The van der Waals surface area contributed by atoms with Gasteiger partial charge in [-0.15, -0.1) is 0 Å². The Morgan fingerprint density at radius 1 is 1.20 bits per heavy atom. The van der Waals surface area contributed by atoms with Crippen LogP contribution in [-0.2, 0) is 0 Å². The first kappa shape index (κ1) is 9.52. The van der Waals surface area contributed by atoms with Gasteiger partial charge in [0, 0.05) is 18.0 Å². The molecule has 2 N–H and O–H groups in total. The fraction of sp³-hybridized carbons (Fsp3) is 0.0833. The molecule has 0 saturated heterocycles.